The van der Waals surface area contributed by atoms with E-state index in [2.05, 4.69) is 25.8 Å². The van der Waals surface area contributed by atoms with Gasteiger partial charge in [-0.1, -0.05) is 22.0 Å². The molecule has 152 valence electrons. The van der Waals surface area contributed by atoms with Crippen molar-refractivity contribution in [3.8, 4) is 11.5 Å². The average Bonchev–Trinajstić information content (AvgIpc) is 3.48. The second-order valence-electron chi connectivity index (χ2n) is 7.55. The van der Waals surface area contributed by atoms with E-state index in [0.717, 1.165) is 58.9 Å². The molecule has 0 unspecified atom stereocenters. The lowest BCUT2D eigenvalue weighted by molar-refractivity contribution is 0.174. The monoisotopic (exact) mass is 467 g/mol. The summed E-state index contributed by atoms with van der Waals surface area (Å²) >= 11 is 3.46. The number of benzene rings is 2. The Kier molecular flexibility index (Phi) is 3.98. The molecular weight excluding hydrogens is 450 g/mol. The fourth-order valence-corrected chi connectivity index (χ4v) is 4.55. The highest BCUT2D eigenvalue weighted by molar-refractivity contribution is 9.10. The van der Waals surface area contributed by atoms with Crippen molar-refractivity contribution in [2.24, 2.45) is 0 Å². The number of hydrogen-bond acceptors (Lipinski definition) is 6. The third-order valence-corrected chi connectivity index (χ3v) is 6.12. The fraction of sp³-hybridized carbons (Fsp3) is 0.286. The maximum atomic E-state index is 12.8. The lowest BCUT2D eigenvalue weighted by atomic mass is 10.2. The summed E-state index contributed by atoms with van der Waals surface area (Å²) in [6.45, 7) is 2.60. The van der Waals surface area contributed by atoms with E-state index < -0.39 is 0 Å². The molecule has 0 bridgehead atoms. The van der Waals surface area contributed by atoms with Gasteiger partial charge >= 0.3 is 0 Å². The molecule has 2 aromatic heterocycles. The summed E-state index contributed by atoms with van der Waals surface area (Å²) in [5.74, 6) is 2.83. The van der Waals surface area contributed by atoms with Gasteiger partial charge in [0, 0.05) is 17.6 Å². The van der Waals surface area contributed by atoms with Gasteiger partial charge in [0.25, 0.3) is 5.56 Å². The molecule has 2 aliphatic heterocycles. The highest BCUT2D eigenvalue weighted by atomic mass is 79.9. The number of anilines is 1. The van der Waals surface area contributed by atoms with Crippen LogP contribution in [0.4, 0.5) is 5.95 Å². The summed E-state index contributed by atoms with van der Waals surface area (Å²) in [7, 11) is 0. The first-order chi connectivity index (χ1) is 14.7. The molecule has 0 aliphatic carbocycles. The molecule has 2 aliphatic rings. The van der Waals surface area contributed by atoms with Crippen LogP contribution in [0.25, 0.3) is 16.7 Å². The van der Waals surface area contributed by atoms with Crippen molar-refractivity contribution in [3.63, 3.8) is 0 Å². The number of rotatable bonds is 3. The highest BCUT2D eigenvalue weighted by Crippen LogP contribution is 2.33. The van der Waals surface area contributed by atoms with Crippen molar-refractivity contribution < 1.29 is 9.47 Å². The maximum absolute atomic E-state index is 12.8. The van der Waals surface area contributed by atoms with Crippen LogP contribution in [0.5, 0.6) is 11.5 Å². The van der Waals surface area contributed by atoms with Crippen LogP contribution in [0.1, 0.15) is 18.4 Å². The molecule has 6 rings (SSSR count). The van der Waals surface area contributed by atoms with Gasteiger partial charge in [0.15, 0.2) is 11.5 Å². The predicted molar refractivity (Wildman–Crippen MR) is 116 cm³/mol. The van der Waals surface area contributed by atoms with Gasteiger partial charge in [0.1, 0.15) is 0 Å². The molecule has 0 radical (unpaired) electrons. The van der Waals surface area contributed by atoms with Gasteiger partial charge in [0.2, 0.25) is 18.5 Å². The van der Waals surface area contributed by atoms with E-state index in [1.807, 2.05) is 40.8 Å². The number of fused-ring (bicyclic) bond motifs is 4. The zero-order chi connectivity index (χ0) is 20.2. The Morgan fingerprint density at radius 1 is 1.03 bits per heavy atom. The van der Waals surface area contributed by atoms with E-state index in [4.69, 9.17) is 14.6 Å². The van der Waals surface area contributed by atoms with Gasteiger partial charge in [0.05, 0.1) is 17.4 Å². The van der Waals surface area contributed by atoms with E-state index in [1.165, 1.54) is 0 Å². The summed E-state index contributed by atoms with van der Waals surface area (Å²) in [4.78, 5) is 19.5. The molecule has 0 atom stereocenters. The Labute approximate surface area is 179 Å². The van der Waals surface area contributed by atoms with Gasteiger partial charge in [-0.3, -0.25) is 4.79 Å². The first kappa shape index (κ1) is 17.8. The minimum atomic E-state index is -0.258. The molecule has 1 fully saturated rings. The Morgan fingerprint density at radius 3 is 2.73 bits per heavy atom. The fourth-order valence-electron chi connectivity index (χ4n) is 4.19. The van der Waals surface area contributed by atoms with Crippen molar-refractivity contribution >= 4 is 38.6 Å². The van der Waals surface area contributed by atoms with Crippen LogP contribution in [0.3, 0.4) is 0 Å². The summed E-state index contributed by atoms with van der Waals surface area (Å²) in [6, 6.07) is 11.5. The molecule has 9 heteroatoms. The summed E-state index contributed by atoms with van der Waals surface area (Å²) in [5, 5.41) is 5.47. The molecular formula is C21H18BrN5O3. The second-order valence-corrected chi connectivity index (χ2v) is 8.47. The molecule has 1 saturated heterocycles. The number of hydrogen-bond donors (Lipinski definition) is 0. The minimum Gasteiger partial charge on any atom is -0.454 e. The SMILES string of the molecule is O=c1nc2n(Cc3ccc4c(c3)OCO4)nc(N3CCCC3)n2c2ccc(Br)cc12. The van der Waals surface area contributed by atoms with E-state index in [1.54, 1.807) is 4.68 Å². The molecule has 4 heterocycles. The smallest absolute Gasteiger partial charge is 0.282 e. The first-order valence-corrected chi connectivity index (χ1v) is 10.7. The van der Waals surface area contributed by atoms with Crippen LogP contribution in [0, 0.1) is 0 Å². The second kappa shape index (κ2) is 6.73. The van der Waals surface area contributed by atoms with Crippen molar-refractivity contribution in [1.82, 2.24) is 19.2 Å². The van der Waals surface area contributed by atoms with Crippen molar-refractivity contribution in [2.75, 3.05) is 24.8 Å². The molecule has 0 spiro atoms. The molecule has 0 amide bonds. The van der Waals surface area contributed by atoms with Crippen LogP contribution in [0.15, 0.2) is 45.7 Å². The standard InChI is InChI=1S/C21H18BrN5O3/c22-14-4-5-16-15(10-14)19(28)23-20-26(24-21(27(16)20)25-7-1-2-8-25)11-13-3-6-17-18(9-13)30-12-29-17/h3-6,9-10H,1-2,7-8,11-12H2. The molecule has 0 N–H and O–H groups in total. The van der Waals surface area contributed by atoms with Crippen molar-refractivity contribution in [3.05, 3.63) is 56.8 Å². The Bertz CT molecular complexity index is 1360. The van der Waals surface area contributed by atoms with E-state index in [9.17, 15) is 4.79 Å². The van der Waals surface area contributed by atoms with Crippen molar-refractivity contribution in [2.45, 2.75) is 19.4 Å². The zero-order valence-electron chi connectivity index (χ0n) is 16.0. The van der Waals surface area contributed by atoms with Crippen LogP contribution < -0.4 is 19.9 Å². The lowest BCUT2D eigenvalue weighted by Gasteiger charge is -2.15. The van der Waals surface area contributed by atoms with Gasteiger partial charge in [-0.25, -0.2) is 9.08 Å². The topological polar surface area (TPSA) is 73.9 Å². The van der Waals surface area contributed by atoms with Gasteiger partial charge in [-0.05, 0) is 48.7 Å². The van der Waals surface area contributed by atoms with E-state index >= 15 is 0 Å². The number of aromatic nitrogens is 4. The normalized spacial score (nSPS) is 15.6. The van der Waals surface area contributed by atoms with Crippen molar-refractivity contribution in [1.29, 1.82) is 0 Å². The Hall–Kier alpha value is -3.07. The highest BCUT2D eigenvalue weighted by Gasteiger charge is 2.23. The zero-order valence-corrected chi connectivity index (χ0v) is 17.6. The number of halogens is 1. The molecule has 8 nitrogen and oxygen atoms in total. The van der Waals surface area contributed by atoms with E-state index in [-0.39, 0.29) is 12.4 Å². The first-order valence-electron chi connectivity index (χ1n) is 9.90. The van der Waals surface area contributed by atoms with Gasteiger partial charge in [-0.2, -0.15) is 4.98 Å². The Morgan fingerprint density at radius 2 is 1.87 bits per heavy atom. The maximum Gasteiger partial charge on any atom is 0.282 e. The molecule has 0 saturated carbocycles. The third kappa shape index (κ3) is 2.76. The van der Waals surface area contributed by atoms with Gasteiger partial charge in [-0.15, -0.1) is 5.10 Å². The summed E-state index contributed by atoms with van der Waals surface area (Å²) in [6.07, 6.45) is 2.27. The molecule has 4 aromatic rings. The van der Waals surface area contributed by atoms with E-state index in [0.29, 0.717) is 17.7 Å². The minimum absolute atomic E-state index is 0.237. The largest absolute Gasteiger partial charge is 0.454 e. The lowest BCUT2D eigenvalue weighted by Crippen LogP contribution is -2.21. The van der Waals surface area contributed by atoms with Crippen LogP contribution in [0.2, 0.25) is 0 Å². The third-order valence-electron chi connectivity index (χ3n) is 5.63. The number of nitrogens with zero attached hydrogens (tertiary/aromatic N) is 5. The van der Waals surface area contributed by atoms with Crippen LogP contribution in [-0.4, -0.2) is 39.0 Å². The molecule has 2 aromatic carbocycles. The average molecular weight is 468 g/mol. The Balaban J connectivity index is 1.56. The van der Waals surface area contributed by atoms with Crippen LogP contribution >= 0.6 is 15.9 Å². The van der Waals surface area contributed by atoms with Gasteiger partial charge < -0.3 is 14.4 Å². The number of ether oxygens (including phenoxy) is 2. The quantitative estimate of drug-likeness (QED) is 0.460. The summed E-state index contributed by atoms with van der Waals surface area (Å²) < 4.78 is 15.6. The predicted octanol–water partition coefficient (Wildman–Crippen LogP) is 3.18. The molecule has 30 heavy (non-hydrogen) atoms. The van der Waals surface area contributed by atoms with Crippen LogP contribution in [-0.2, 0) is 6.54 Å². The summed E-state index contributed by atoms with van der Waals surface area (Å²) in [5.41, 5.74) is 1.56.